The second kappa shape index (κ2) is 9.72. The van der Waals surface area contributed by atoms with Crippen LogP contribution < -0.4 is 26.7 Å². The number of hydrogen-bond donors (Lipinski definition) is 4. The van der Waals surface area contributed by atoms with E-state index in [-0.39, 0.29) is 28.1 Å². The third kappa shape index (κ3) is 5.57. The van der Waals surface area contributed by atoms with Crippen LogP contribution in [0.1, 0.15) is 31.1 Å². The molecule has 172 valence electrons. The van der Waals surface area contributed by atoms with Crippen LogP contribution in [0.25, 0.3) is 0 Å². The van der Waals surface area contributed by atoms with E-state index in [9.17, 15) is 18.0 Å². The minimum absolute atomic E-state index is 0.0608. The maximum Gasteiger partial charge on any atom is 0.417 e. The zero-order chi connectivity index (χ0) is 23.6. The molecule has 1 unspecified atom stereocenters. The molecule has 2 aromatic carbocycles. The van der Waals surface area contributed by atoms with Crippen LogP contribution in [0.4, 0.5) is 23.9 Å². The molecule has 3 rings (SSSR count). The topological polar surface area (TPSA) is 92.2 Å². The Labute approximate surface area is 195 Å². The summed E-state index contributed by atoms with van der Waals surface area (Å²) in [4.78, 5) is 12.2. The molecule has 0 radical (unpaired) electrons. The molecule has 0 saturated carbocycles. The lowest BCUT2D eigenvalue weighted by molar-refractivity contribution is -0.137. The van der Waals surface area contributed by atoms with Gasteiger partial charge in [0.25, 0.3) is 5.56 Å². The average molecular weight is 507 g/mol. The van der Waals surface area contributed by atoms with Crippen LogP contribution >= 0.6 is 34.7 Å². The van der Waals surface area contributed by atoms with Crippen LogP contribution in [-0.2, 0) is 6.18 Å². The number of anilines is 2. The summed E-state index contributed by atoms with van der Waals surface area (Å²) < 4.78 is 47.3. The molecule has 0 saturated heterocycles. The molecular formula is C20H19Cl2F3N4O2S. The predicted octanol–water partition coefficient (Wildman–Crippen LogP) is 6.25. The van der Waals surface area contributed by atoms with Gasteiger partial charge in [-0.15, -0.1) is 0 Å². The van der Waals surface area contributed by atoms with Crippen molar-refractivity contribution in [1.82, 2.24) is 9.69 Å². The van der Waals surface area contributed by atoms with Crippen LogP contribution in [0.2, 0.25) is 10.0 Å². The maximum atomic E-state index is 13.1. The lowest BCUT2D eigenvalue weighted by atomic mass is 10.2. The average Bonchev–Trinajstić information content (AvgIpc) is 3.04. The highest BCUT2D eigenvalue weighted by Crippen LogP contribution is 2.42. The van der Waals surface area contributed by atoms with Crippen LogP contribution in [0.15, 0.2) is 41.2 Å². The smallest absolute Gasteiger partial charge is 0.417 e. The van der Waals surface area contributed by atoms with Crippen molar-refractivity contribution in [3.05, 3.63) is 67.9 Å². The normalized spacial score (nSPS) is 12.8. The Hall–Kier alpha value is -2.24. The van der Waals surface area contributed by atoms with Crippen molar-refractivity contribution in [3.8, 4) is 11.5 Å². The first-order chi connectivity index (χ1) is 15.0. The van der Waals surface area contributed by atoms with Gasteiger partial charge in [-0.3, -0.25) is 14.5 Å². The summed E-state index contributed by atoms with van der Waals surface area (Å²) in [6.07, 6.45) is -5.30. The van der Waals surface area contributed by atoms with Gasteiger partial charge in [0.05, 0.1) is 27.3 Å². The number of aromatic amines is 1. The predicted molar refractivity (Wildman–Crippen MR) is 121 cm³/mol. The number of hydrogen-bond acceptors (Lipinski definition) is 6. The van der Waals surface area contributed by atoms with E-state index in [0.717, 1.165) is 17.6 Å². The molecule has 0 aliphatic heterocycles. The van der Waals surface area contributed by atoms with Crippen LogP contribution in [0.5, 0.6) is 11.5 Å². The van der Waals surface area contributed by atoms with E-state index in [2.05, 4.69) is 15.0 Å². The fourth-order valence-electron chi connectivity index (χ4n) is 2.85. The molecular weight excluding hydrogens is 488 g/mol. The number of alkyl halides is 3. The molecule has 0 aliphatic carbocycles. The van der Waals surface area contributed by atoms with Gasteiger partial charge in [0, 0.05) is 11.7 Å². The van der Waals surface area contributed by atoms with Crippen LogP contribution in [0, 0.1) is 0 Å². The van der Waals surface area contributed by atoms with Crippen molar-refractivity contribution < 1.29 is 17.9 Å². The van der Waals surface area contributed by atoms with Gasteiger partial charge in [0.2, 0.25) is 0 Å². The molecule has 12 heteroatoms. The fourth-order valence-corrected chi connectivity index (χ4v) is 4.14. The highest BCUT2D eigenvalue weighted by molar-refractivity contribution is 7.10. The molecule has 0 aliphatic rings. The van der Waals surface area contributed by atoms with Crippen molar-refractivity contribution in [2.45, 2.75) is 32.2 Å². The molecule has 0 bridgehead atoms. The van der Waals surface area contributed by atoms with Crippen LogP contribution in [-0.4, -0.2) is 10.4 Å². The fraction of sp³-hybridized carbons (Fsp3) is 0.250. The van der Waals surface area contributed by atoms with E-state index < -0.39 is 22.9 Å². The van der Waals surface area contributed by atoms with Crippen molar-refractivity contribution >= 4 is 45.4 Å². The van der Waals surface area contributed by atoms with E-state index in [1.807, 2.05) is 13.8 Å². The molecule has 1 heterocycles. The lowest BCUT2D eigenvalue weighted by Crippen LogP contribution is -2.36. The summed E-state index contributed by atoms with van der Waals surface area (Å²) >= 11 is 13.2. The van der Waals surface area contributed by atoms with Gasteiger partial charge in [0.15, 0.2) is 0 Å². The monoisotopic (exact) mass is 506 g/mol. The summed E-state index contributed by atoms with van der Waals surface area (Å²) in [7, 11) is 0. The van der Waals surface area contributed by atoms with Crippen molar-refractivity contribution in [1.29, 1.82) is 0 Å². The van der Waals surface area contributed by atoms with E-state index in [1.165, 1.54) is 24.3 Å². The quantitative estimate of drug-likeness (QED) is 0.284. The minimum atomic E-state index is -4.62. The Morgan fingerprint density at radius 3 is 2.50 bits per heavy atom. The zero-order valence-electron chi connectivity index (χ0n) is 16.8. The largest absolute Gasteiger partial charge is 0.454 e. The highest BCUT2D eigenvalue weighted by atomic mass is 35.5. The molecule has 5 N–H and O–H groups in total. The van der Waals surface area contributed by atoms with Gasteiger partial charge in [-0.25, -0.2) is 0 Å². The summed E-state index contributed by atoms with van der Waals surface area (Å²) in [5.41, 5.74) is 5.63. The second-order valence-corrected chi connectivity index (χ2v) is 8.66. The molecule has 1 atom stereocenters. The Balaban J connectivity index is 1.83. The Kier molecular flexibility index (Phi) is 7.41. The third-order valence-electron chi connectivity index (χ3n) is 4.24. The number of benzene rings is 2. The zero-order valence-corrected chi connectivity index (χ0v) is 19.1. The molecule has 0 fully saturated rings. The van der Waals surface area contributed by atoms with Crippen molar-refractivity contribution in [2.75, 3.05) is 5.32 Å². The van der Waals surface area contributed by atoms with Gasteiger partial charge in [0.1, 0.15) is 16.5 Å². The second-order valence-electron chi connectivity index (χ2n) is 7.06. The SMILES string of the molecule is CC(C)NC(N)c1c(Nc2ccc(Oc3cccc(C(F)(F)F)c3Cl)c(Cl)c2)s[nH]c1=O. The van der Waals surface area contributed by atoms with E-state index in [4.69, 9.17) is 33.7 Å². The number of nitrogens with one attached hydrogen (secondary N) is 3. The number of aromatic nitrogens is 1. The number of halogens is 5. The van der Waals surface area contributed by atoms with Gasteiger partial charge >= 0.3 is 6.18 Å². The van der Waals surface area contributed by atoms with E-state index in [1.54, 1.807) is 6.07 Å². The first kappa shape index (κ1) is 24.4. The summed E-state index contributed by atoms with van der Waals surface area (Å²) in [6, 6.07) is 8.01. The van der Waals surface area contributed by atoms with E-state index >= 15 is 0 Å². The molecule has 32 heavy (non-hydrogen) atoms. The van der Waals surface area contributed by atoms with Crippen molar-refractivity contribution in [3.63, 3.8) is 0 Å². The van der Waals surface area contributed by atoms with Crippen LogP contribution in [0.3, 0.4) is 0 Å². The minimum Gasteiger partial charge on any atom is -0.454 e. The molecule has 0 spiro atoms. The first-order valence-electron chi connectivity index (χ1n) is 9.30. The van der Waals surface area contributed by atoms with E-state index in [0.29, 0.717) is 16.3 Å². The first-order valence-corrected chi connectivity index (χ1v) is 10.9. The Morgan fingerprint density at radius 2 is 1.88 bits per heavy atom. The Morgan fingerprint density at radius 1 is 1.16 bits per heavy atom. The van der Waals surface area contributed by atoms with Crippen molar-refractivity contribution in [2.24, 2.45) is 5.73 Å². The standard InChI is InChI=1S/C20H19Cl2F3N4O2S/c1-9(2)27-17(26)15-18(30)29-32-19(15)28-10-6-7-13(12(21)8-10)31-14-5-3-4-11(16(14)22)20(23,24)25/h3-9,17,27-28H,26H2,1-2H3,(H,29,30). The molecule has 1 aromatic heterocycles. The maximum absolute atomic E-state index is 13.1. The summed E-state index contributed by atoms with van der Waals surface area (Å²) in [6.45, 7) is 3.81. The molecule has 0 amide bonds. The van der Waals surface area contributed by atoms with Gasteiger partial charge in [-0.1, -0.05) is 29.3 Å². The Bertz CT molecular complexity index is 1160. The lowest BCUT2D eigenvalue weighted by Gasteiger charge is -2.17. The van der Waals surface area contributed by atoms with Gasteiger partial charge < -0.3 is 15.8 Å². The highest BCUT2D eigenvalue weighted by Gasteiger charge is 2.34. The number of ether oxygens (including phenoxy) is 1. The van der Waals surface area contributed by atoms with Gasteiger partial charge in [-0.05, 0) is 55.7 Å². The molecule has 6 nitrogen and oxygen atoms in total. The summed E-state index contributed by atoms with van der Waals surface area (Å²) in [5.74, 6) is -0.0694. The number of rotatable bonds is 7. The number of nitrogens with two attached hydrogens (primary N) is 1. The number of H-pyrrole nitrogens is 1. The van der Waals surface area contributed by atoms with Gasteiger partial charge in [-0.2, -0.15) is 13.2 Å². The summed E-state index contributed by atoms with van der Waals surface area (Å²) in [5, 5.41) is 6.20. The third-order valence-corrected chi connectivity index (χ3v) is 5.74. The molecule has 3 aromatic rings.